The van der Waals surface area contributed by atoms with Gasteiger partial charge in [0.25, 0.3) is 0 Å². The van der Waals surface area contributed by atoms with Crippen molar-refractivity contribution in [1.82, 2.24) is 0 Å². The lowest BCUT2D eigenvalue weighted by Gasteiger charge is -2.16. The molecule has 2 atom stereocenters. The summed E-state index contributed by atoms with van der Waals surface area (Å²) in [5.41, 5.74) is 0.722. The number of hydrogen-bond donors (Lipinski definition) is 4. The minimum absolute atomic E-state index is 0.361. The first-order valence-electron chi connectivity index (χ1n) is 3.31. The van der Waals surface area contributed by atoms with E-state index >= 15 is 0 Å². The van der Waals surface area contributed by atoms with E-state index in [1.54, 1.807) is 0 Å². The summed E-state index contributed by atoms with van der Waals surface area (Å²) in [6.07, 6.45) is 0. The number of hydrogen-bond acceptors (Lipinski definition) is 4. The molecule has 0 radical (unpaired) electrons. The van der Waals surface area contributed by atoms with Gasteiger partial charge in [0.15, 0.2) is 11.4 Å². The average molecular weight is 170 g/mol. The van der Waals surface area contributed by atoms with Crippen LogP contribution < -0.4 is 22.0 Å². The van der Waals surface area contributed by atoms with Crippen LogP contribution >= 0.6 is 0 Å². The zero-order valence-corrected chi connectivity index (χ0v) is 6.28. The normalized spacial score (nSPS) is 15.7. The summed E-state index contributed by atoms with van der Waals surface area (Å²) < 4.78 is 0. The standard InChI is InChI=1S/C6H10N4O2/c7-9(11)5-1-2-6(4-3-5)10(8)12/h1-4,9-10H,7-8H2. The molecular weight excluding hydrogens is 160 g/mol. The van der Waals surface area contributed by atoms with Gasteiger partial charge in [-0.25, -0.2) is 0 Å². The highest BCUT2D eigenvalue weighted by Crippen LogP contribution is 2.04. The first-order valence-corrected chi connectivity index (χ1v) is 3.31. The van der Waals surface area contributed by atoms with Crippen LogP contribution in [0.5, 0.6) is 0 Å². The maximum Gasteiger partial charge on any atom is 0.150 e. The van der Waals surface area contributed by atoms with Crippen LogP contribution in [-0.4, -0.2) is 0 Å². The topological polar surface area (TPSA) is 107 Å². The second-order valence-corrected chi connectivity index (χ2v) is 2.31. The summed E-state index contributed by atoms with van der Waals surface area (Å²) >= 11 is 0. The molecule has 0 heterocycles. The number of benzene rings is 1. The molecule has 6 nitrogen and oxygen atoms in total. The second-order valence-electron chi connectivity index (χ2n) is 2.31. The molecule has 0 aliphatic heterocycles. The number of rotatable bonds is 2. The van der Waals surface area contributed by atoms with Gasteiger partial charge >= 0.3 is 0 Å². The van der Waals surface area contributed by atoms with Crippen molar-refractivity contribution >= 4 is 11.4 Å². The van der Waals surface area contributed by atoms with Crippen LogP contribution in [-0.2, 0) is 0 Å². The van der Waals surface area contributed by atoms with Crippen LogP contribution in [0.4, 0.5) is 11.4 Å². The fourth-order valence-electron chi connectivity index (χ4n) is 0.799. The minimum Gasteiger partial charge on any atom is -0.608 e. The van der Waals surface area contributed by atoms with Gasteiger partial charge < -0.3 is 10.4 Å². The molecule has 0 aliphatic carbocycles. The average Bonchev–Trinajstić information content (AvgIpc) is 2.04. The molecule has 66 valence electrons. The van der Waals surface area contributed by atoms with Gasteiger partial charge in [0.2, 0.25) is 0 Å². The van der Waals surface area contributed by atoms with E-state index in [2.05, 4.69) is 0 Å². The van der Waals surface area contributed by atoms with E-state index in [-0.39, 0.29) is 0 Å². The highest BCUT2D eigenvalue weighted by atomic mass is 16.5. The maximum atomic E-state index is 10.6. The molecule has 1 aromatic carbocycles. The van der Waals surface area contributed by atoms with Gasteiger partial charge in [0, 0.05) is 24.3 Å². The lowest BCUT2D eigenvalue weighted by atomic mass is 10.3. The molecule has 2 unspecified atom stereocenters. The highest BCUT2D eigenvalue weighted by Gasteiger charge is 2.00. The maximum absolute atomic E-state index is 10.6. The van der Waals surface area contributed by atoms with E-state index < -0.39 is 10.3 Å². The van der Waals surface area contributed by atoms with Crippen molar-refractivity contribution in [3.05, 3.63) is 34.7 Å². The molecule has 0 saturated carbocycles. The molecule has 12 heavy (non-hydrogen) atoms. The number of nitrogens with two attached hydrogens (primary N) is 2. The van der Waals surface area contributed by atoms with Crippen LogP contribution in [0, 0.1) is 10.4 Å². The molecule has 6 N–H and O–H groups in total. The van der Waals surface area contributed by atoms with E-state index in [0.717, 1.165) is 0 Å². The Bertz CT molecular complexity index is 219. The Morgan fingerprint density at radius 1 is 0.833 bits per heavy atom. The SMILES string of the molecule is N[NH+]([O-])c1ccc([NH+](N)[O-])cc1. The minimum atomic E-state index is -0.522. The molecule has 0 fully saturated rings. The van der Waals surface area contributed by atoms with Crippen molar-refractivity contribution in [2.24, 2.45) is 11.7 Å². The lowest BCUT2D eigenvalue weighted by Crippen LogP contribution is -3.09. The quantitative estimate of drug-likeness (QED) is 0.290. The molecule has 0 aromatic heterocycles. The third-order valence-corrected chi connectivity index (χ3v) is 1.45. The Kier molecular flexibility index (Phi) is 2.71. The number of quaternary nitrogens is 2. The van der Waals surface area contributed by atoms with E-state index in [0.29, 0.717) is 11.4 Å². The van der Waals surface area contributed by atoms with Crippen molar-refractivity contribution in [2.45, 2.75) is 0 Å². The summed E-state index contributed by atoms with van der Waals surface area (Å²) in [7, 11) is 0. The molecule has 1 rings (SSSR count). The van der Waals surface area contributed by atoms with Crippen LogP contribution in [0.1, 0.15) is 0 Å². The summed E-state index contributed by atoms with van der Waals surface area (Å²) in [6.45, 7) is 0. The van der Waals surface area contributed by atoms with Gasteiger partial charge in [-0.2, -0.15) is 11.7 Å². The monoisotopic (exact) mass is 170 g/mol. The van der Waals surface area contributed by atoms with Crippen LogP contribution in [0.3, 0.4) is 0 Å². The van der Waals surface area contributed by atoms with E-state index in [1.165, 1.54) is 24.3 Å². The van der Waals surface area contributed by atoms with Crippen LogP contribution in [0.25, 0.3) is 0 Å². The van der Waals surface area contributed by atoms with Gasteiger partial charge in [-0.05, 0) is 0 Å². The molecule has 1 aromatic rings. The van der Waals surface area contributed by atoms with Crippen molar-refractivity contribution in [2.75, 3.05) is 0 Å². The molecule has 0 saturated heterocycles. The first kappa shape index (κ1) is 9.07. The smallest absolute Gasteiger partial charge is 0.150 e. The van der Waals surface area contributed by atoms with Crippen molar-refractivity contribution in [3.8, 4) is 0 Å². The van der Waals surface area contributed by atoms with Crippen LogP contribution in [0.15, 0.2) is 24.3 Å². The van der Waals surface area contributed by atoms with Crippen molar-refractivity contribution in [1.29, 1.82) is 0 Å². The summed E-state index contributed by atoms with van der Waals surface area (Å²) in [6, 6.07) is 5.84. The third-order valence-electron chi connectivity index (χ3n) is 1.45. The van der Waals surface area contributed by atoms with Gasteiger partial charge in [-0.3, -0.25) is 10.3 Å². The largest absolute Gasteiger partial charge is 0.608 e. The van der Waals surface area contributed by atoms with Crippen molar-refractivity contribution in [3.63, 3.8) is 0 Å². The molecule has 0 bridgehead atoms. The van der Waals surface area contributed by atoms with Gasteiger partial charge in [0.1, 0.15) is 0 Å². The highest BCUT2D eigenvalue weighted by molar-refractivity contribution is 5.39. The Hall–Kier alpha value is -1.02. The molecule has 0 aliphatic rings. The zero-order chi connectivity index (χ0) is 9.14. The predicted molar refractivity (Wildman–Crippen MR) is 42.8 cm³/mol. The van der Waals surface area contributed by atoms with E-state index in [9.17, 15) is 10.4 Å². The fourth-order valence-corrected chi connectivity index (χ4v) is 0.799. The zero-order valence-electron chi connectivity index (χ0n) is 6.28. The molecule has 6 heteroatoms. The second kappa shape index (κ2) is 3.59. The fraction of sp³-hybridized carbons (Fsp3) is 0. The van der Waals surface area contributed by atoms with Crippen molar-refractivity contribution < 1.29 is 10.3 Å². The first-order chi connectivity index (χ1) is 5.61. The Balaban J connectivity index is 2.86. The van der Waals surface area contributed by atoms with E-state index in [4.69, 9.17) is 11.7 Å². The van der Waals surface area contributed by atoms with E-state index in [1.807, 2.05) is 0 Å². The van der Waals surface area contributed by atoms with Gasteiger partial charge in [-0.1, -0.05) is 0 Å². The lowest BCUT2D eigenvalue weighted by molar-refractivity contribution is -0.792. The van der Waals surface area contributed by atoms with Crippen LogP contribution in [0.2, 0.25) is 0 Å². The number of nitrogens with one attached hydrogen (secondary N) is 2. The summed E-state index contributed by atoms with van der Waals surface area (Å²) in [4.78, 5) is 0. The molecule has 0 spiro atoms. The number of nitrogen functional groups attached to an aromatic ring is 2. The molecular formula is C6H10N4O2. The Labute approximate surface area is 69.1 Å². The summed E-state index contributed by atoms with van der Waals surface area (Å²) in [5, 5.41) is 20.1. The Morgan fingerprint density at radius 2 is 1.08 bits per heavy atom. The van der Waals surface area contributed by atoms with Gasteiger partial charge in [-0.15, -0.1) is 0 Å². The third kappa shape index (κ3) is 1.98. The van der Waals surface area contributed by atoms with Gasteiger partial charge in [0.05, 0.1) is 0 Å². The summed E-state index contributed by atoms with van der Waals surface area (Å²) in [5.74, 6) is 9.97. The Morgan fingerprint density at radius 3 is 1.25 bits per heavy atom. The predicted octanol–water partition coefficient (Wildman–Crippen LogP) is -2.54. The molecule has 0 amide bonds.